The average Bonchev–Trinajstić information content (AvgIpc) is 2.68. The van der Waals surface area contributed by atoms with Crippen molar-refractivity contribution < 1.29 is 14.0 Å². The lowest BCUT2D eigenvalue weighted by Gasteiger charge is -2.18. The molecule has 0 saturated carbocycles. The maximum Gasteiger partial charge on any atom is 0.224 e. The minimum Gasteiger partial charge on any atom is -0.357 e. The summed E-state index contributed by atoms with van der Waals surface area (Å²) in [6.45, 7) is 9.33. The third-order valence-corrected chi connectivity index (χ3v) is 4.07. The van der Waals surface area contributed by atoms with E-state index in [4.69, 9.17) is 0 Å². The Hall–Kier alpha value is -1.91. The highest BCUT2D eigenvalue weighted by molar-refractivity contribution is 14.0. The molecule has 0 saturated heterocycles. The lowest BCUT2D eigenvalue weighted by molar-refractivity contribution is -0.130. The summed E-state index contributed by atoms with van der Waals surface area (Å²) in [6.07, 6.45) is 0.578. The summed E-state index contributed by atoms with van der Waals surface area (Å²) in [6, 6.07) is 5.88. The predicted molar refractivity (Wildman–Crippen MR) is 125 cm³/mol. The third-order valence-electron chi connectivity index (χ3n) is 4.07. The number of amides is 2. The quantitative estimate of drug-likeness (QED) is 0.180. The van der Waals surface area contributed by atoms with Crippen molar-refractivity contribution in [2.24, 2.45) is 4.99 Å². The number of nitrogens with zero attached hydrogens (tertiary/aromatic N) is 2. The summed E-state index contributed by atoms with van der Waals surface area (Å²) in [5, 5.41) is 9.05. The van der Waals surface area contributed by atoms with E-state index in [-0.39, 0.29) is 48.0 Å². The van der Waals surface area contributed by atoms with Crippen LogP contribution in [-0.2, 0) is 16.0 Å². The first kappa shape index (κ1) is 27.1. The fraction of sp³-hybridized carbons (Fsp3) is 0.550. The molecule has 7 nitrogen and oxygen atoms in total. The molecule has 0 aliphatic rings. The second kappa shape index (κ2) is 15.9. The number of halogens is 2. The molecule has 0 bridgehead atoms. The van der Waals surface area contributed by atoms with Gasteiger partial charge in [-0.15, -0.1) is 24.0 Å². The van der Waals surface area contributed by atoms with Crippen LogP contribution < -0.4 is 16.0 Å². The Kier molecular flexibility index (Phi) is 14.9. The van der Waals surface area contributed by atoms with Crippen LogP contribution in [0.5, 0.6) is 0 Å². The van der Waals surface area contributed by atoms with Crippen LogP contribution in [0.25, 0.3) is 0 Å². The highest BCUT2D eigenvalue weighted by Crippen LogP contribution is 2.03. The Morgan fingerprint density at radius 3 is 2.21 bits per heavy atom. The van der Waals surface area contributed by atoms with Crippen molar-refractivity contribution in [1.82, 2.24) is 20.9 Å². The fourth-order valence-corrected chi connectivity index (χ4v) is 2.57. The monoisotopic (exact) mass is 521 g/mol. The molecule has 1 aromatic rings. The zero-order chi connectivity index (χ0) is 20.8. The summed E-state index contributed by atoms with van der Waals surface area (Å²) < 4.78 is 12.9. The first-order valence-corrected chi connectivity index (χ1v) is 9.81. The van der Waals surface area contributed by atoms with E-state index in [1.54, 1.807) is 17.0 Å². The molecular weight excluding hydrogens is 488 g/mol. The van der Waals surface area contributed by atoms with E-state index in [9.17, 15) is 14.0 Å². The molecule has 0 heterocycles. The van der Waals surface area contributed by atoms with Crippen LogP contribution >= 0.6 is 24.0 Å². The van der Waals surface area contributed by atoms with Gasteiger partial charge in [0, 0.05) is 39.1 Å². The molecule has 0 radical (unpaired) electrons. The SMILES string of the molecule is CCNC(=NCCC(=O)N(CC)CC)NCCNC(=O)Cc1ccc(F)cc1.I. The zero-order valence-electron chi connectivity index (χ0n) is 17.5. The second-order valence-electron chi connectivity index (χ2n) is 6.16. The number of hydrogen-bond acceptors (Lipinski definition) is 3. The molecular formula is C20H33FIN5O2. The molecule has 164 valence electrons. The van der Waals surface area contributed by atoms with Gasteiger partial charge in [0.05, 0.1) is 13.0 Å². The largest absolute Gasteiger partial charge is 0.357 e. The van der Waals surface area contributed by atoms with Gasteiger partial charge in [-0.1, -0.05) is 12.1 Å². The van der Waals surface area contributed by atoms with E-state index >= 15 is 0 Å². The first-order valence-electron chi connectivity index (χ1n) is 9.81. The van der Waals surface area contributed by atoms with Gasteiger partial charge in [0.15, 0.2) is 5.96 Å². The predicted octanol–water partition coefficient (Wildman–Crippen LogP) is 1.92. The molecule has 3 N–H and O–H groups in total. The summed E-state index contributed by atoms with van der Waals surface area (Å²) in [5.74, 6) is 0.267. The molecule has 1 aromatic carbocycles. The maximum atomic E-state index is 12.9. The second-order valence-corrected chi connectivity index (χ2v) is 6.16. The van der Waals surface area contributed by atoms with E-state index in [1.807, 2.05) is 20.8 Å². The summed E-state index contributed by atoms with van der Waals surface area (Å²) in [5.41, 5.74) is 0.764. The number of hydrogen-bond donors (Lipinski definition) is 3. The van der Waals surface area contributed by atoms with Crippen molar-refractivity contribution in [3.63, 3.8) is 0 Å². The van der Waals surface area contributed by atoms with Crippen LogP contribution in [0.4, 0.5) is 4.39 Å². The normalized spacial score (nSPS) is 10.7. The van der Waals surface area contributed by atoms with Crippen LogP contribution in [0.3, 0.4) is 0 Å². The number of aliphatic imine (C=N–C) groups is 1. The Morgan fingerprint density at radius 2 is 1.62 bits per heavy atom. The van der Waals surface area contributed by atoms with Crippen LogP contribution in [-0.4, -0.2) is 61.9 Å². The van der Waals surface area contributed by atoms with E-state index in [0.717, 1.165) is 5.56 Å². The topological polar surface area (TPSA) is 85.8 Å². The van der Waals surface area contributed by atoms with Crippen LogP contribution in [0.2, 0.25) is 0 Å². The number of rotatable bonds is 11. The van der Waals surface area contributed by atoms with E-state index in [0.29, 0.717) is 51.6 Å². The van der Waals surface area contributed by atoms with Gasteiger partial charge in [-0.3, -0.25) is 14.6 Å². The third kappa shape index (κ3) is 11.6. The highest BCUT2D eigenvalue weighted by atomic mass is 127. The Morgan fingerprint density at radius 1 is 1.00 bits per heavy atom. The van der Waals surface area contributed by atoms with Crippen molar-refractivity contribution in [3.8, 4) is 0 Å². The summed E-state index contributed by atoms with van der Waals surface area (Å²) in [7, 11) is 0. The number of carbonyl (C=O) groups excluding carboxylic acids is 2. The standard InChI is InChI=1S/C20H32FN5O2.HI/c1-4-22-20(24-12-11-19(28)26(5-2)6-3)25-14-13-23-18(27)15-16-7-9-17(21)10-8-16;/h7-10H,4-6,11-15H2,1-3H3,(H,23,27)(H2,22,24,25);1H. The van der Waals surface area contributed by atoms with Crippen molar-refractivity contribution in [2.45, 2.75) is 33.6 Å². The minimum absolute atomic E-state index is 0. The molecule has 0 aromatic heterocycles. The Balaban J connectivity index is 0.00000784. The Bertz CT molecular complexity index is 636. The zero-order valence-corrected chi connectivity index (χ0v) is 19.8. The van der Waals surface area contributed by atoms with Crippen molar-refractivity contribution >= 4 is 41.8 Å². The van der Waals surface area contributed by atoms with Crippen LogP contribution in [0.1, 0.15) is 32.8 Å². The number of benzene rings is 1. The lowest BCUT2D eigenvalue weighted by Crippen LogP contribution is -2.42. The van der Waals surface area contributed by atoms with Crippen molar-refractivity contribution in [2.75, 3.05) is 39.3 Å². The average molecular weight is 521 g/mol. The molecule has 1 rings (SSSR count). The summed E-state index contributed by atoms with van der Waals surface area (Å²) in [4.78, 5) is 30.1. The molecule has 0 aliphatic heterocycles. The van der Waals surface area contributed by atoms with Gasteiger partial charge in [0.25, 0.3) is 0 Å². The van der Waals surface area contributed by atoms with Gasteiger partial charge in [-0.05, 0) is 38.5 Å². The lowest BCUT2D eigenvalue weighted by atomic mass is 10.1. The summed E-state index contributed by atoms with van der Waals surface area (Å²) >= 11 is 0. The van der Waals surface area contributed by atoms with E-state index in [2.05, 4.69) is 20.9 Å². The molecule has 9 heteroatoms. The van der Waals surface area contributed by atoms with E-state index < -0.39 is 0 Å². The number of carbonyl (C=O) groups is 2. The molecule has 0 atom stereocenters. The number of guanidine groups is 1. The molecule has 2 amide bonds. The smallest absolute Gasteiger partial charge is 0.224 e. The molecule has 0 aliphatic carbocycles. The fourth-order valence-electron chi connectivity index (χ4n) is 2.57. The molecule has 0 unspecified atom stereocenters. The highest BCUT2D eigenvalue weighted by Gasteiger charge is 2.08. The first-order chi connectivity index (χ1) is 13.5. The minimum atomic E-state index is -0.317. The van der Waals surface area contributed by atoms with E-state index in [1.165, 1.54) is 12.1 Å². The van der Waals surface area contributed by atoms with Gasteiger partial charge < -0.3 is 20.9 Å². The van der Waals surface area contributed by atoms with Crippen molar-refractivity contribution in [3.05, 3.63) is 35.6 Å². The van der Waals surface area contributed by atoms with Crippen LogP contribution in [0, 0.1) is 5.82 Å². The molecule has 29 heavy (non-hydrogen) atoms. The van der Waals surface area contributed by atoms with Gasteiger partial charge >= 0.3 is 0 Å². The molecule has 0 spiro atoms. The van der Waals surface area contributed by atoms with Gasteiger partial charge in [0.1, 0.15) is 5.82 Å². The Labute approximate surface area is 189 Å². The molecule has 0 fully saturated rings. The van der Waals surface area contributed by atoms with Gasteiger partial charge in [-0.2, -0.15) is 0 Å². The van der Waals surface area contributed by atoms with Crippen molar-refractivity contribution in [1.29, 1.82) is 0 Å². The van der Waals surface area contributed by atoms with Crippen LogP contribution in [0.15, 0.2) is 29.3 Å². The maximum absolute atomic E-state index is 12.9. The number of nitrogens with one attached hydrogen (secondary N) is 3. The van der Waals surface area contributed by atoms with Gasteiger partial charge in [0.2, 0.25) is 11.8 Å². The van der Waals surface area contributed by atoms with Gasteiger partial charge in [-0.25, -0.2) is 4.39 Å².